The number of benzene rings is 2. The first-order valence-corrected chi connectivity index (χ1v) is 13.6. The molecule has 3 aliphatic heterocycles. The highest BCUT2D eigenvalue weighted by atomic mass is 16.7. The van der Waals surface area contributed by atoms with Crippen molar-refractivity contribution in [1.82, 2.24) is 0 Å². The van der Waals surface area contributed by atoms with Crippen LogP contribution in [0, 0.1) is 0 Å². The summed E-state index contributed by atoms with van der Waals surface area (Å²) >= 11 is 0. The molecule has 0 saturated carbocycles. The lowest BCUT2D eigenvalue weighted by Gasteiger charge is -2.40. The summed E-state index contributed by atoms with van der Waals surface area (Å²) in [5.41, 5.74) is -0.476. The van der Waals surface area contributed by atoms with Crippen molar-refractivity contribution in [2.75, 3.05) is 27.1 Å². The third kappa shape index (κ3) is 6.40. The van der Waals surface area contributed by atoms with Gasteiger partial charge < -0.3 is 74.0 Å². The van der Waals surface area contributed by atoms with Gasteiger partial charge in [-0.2, -0.15) is 0 Å². The zero-order chi connectivity index (χ0) is 32.6. The Balaban J connectivity index is 1.48. The van der Waals surface area contributed by atoms with Gasteiger partial charge in [0.05, 0.1) is 20.3 Å². The second-order valence-corrected chi connectivity index (χ2v) is 10.4. The number of carbonyl (C=O) groups excluding carboxylic acids is 2. The van der Waals surface area contributed by atoms with Crippen LogP contribution in [0.25, 0.3) is 0 Å². The number of hydrogen-bond donors (Lipinski definition) is 8. The van der Waals surface area contributed by atoms with E-state index in [1.807, 2.05) is 0 Å². The predicted molar refractivity (Wildman–Crippen MR) is 143 cm³/mol. The number of Topliss-reactive ketones (excluding diaryl/α,β-unsaturated/α-hetero) is 2. The topological polar surface area (TPSA) is 261 Å². The minimum absolute atomic E-state index is 0.127. The first-order chi connectivity index (χ1) is 21.5. The number of aliphatic hydroxyl groups is 8. The minimum Gasteiger partial charge on any atom is -0.493 e. The van der Waals surface area contributed by atoms with Gasteiger partial charge in [-0.25, -0.2) is 0 Å². The molecule has 10 atom stereocenters. The van der Waals surface area contributed by atoms with E-state index in [0.29, 0.717) is 0 Å². The van der Waals surface area contributed by atoms with Gasteiger partial charge in [-0.3, -0.25) is 9.59 Å². The monoisotopic (exact) mass is 640 g/mol. The fourth-order valence-corrected chi connectivity index (χ4v) is 4.96. The van der Waals surface area contributed by atoms with Crippen molar-refractivity contribution in [2.45, 2.75) is 61.4 Å². The molecule has 0 bridgehead atoms. The Bertz CT molecular complexity index is 1340. The van der Waals surface area contributed by atoms with Crippen LogP contribution in [-0.2, 0) is 9.47 Å². The Morgan fingerprint density at radius 1 is 0.689 bits per heavy atom. The van der Waals surface area contributed by atoms with Crippen LogP contribution < -0.4 is 23.7 Å². The highest BCUT2D eigenvalue weighted by Crippen LogP contribution is 2.42. The minimum atomic E-state index is -1.83. The van der Waals surface area contributed by atoms with Gasteiger partial charge in [0.2, 0.25) is 36.7 Å². The number of fused-ring (bicyclic) bond motifs is 1. The number of ether oxygens (including phenoxy) is 7. The Labute approximate surface area is 254 Å². The standard InChI is InChI=1S/C28H32O17/c1-39-14-4-11(5-15-26(14)41-9-40-15)19(32)18(31)10-2-12(42-27-24(37)22(35)20(33)16(7-29)44-27)6-13(3-10)43-28-25(38)23(36)21(34)17(8-30)45-28/h2-6,16-17,20-25,27-30,33-38H,7-9H2,1H3/t16-,17-,20-,21-,22+,23+,24-,25-,27-,28-/m1/s1. The van der Waals surface area contributed by atoms with Gasteiger partial charge in [-0.05, 0) is 24.3 Å². The summed E-state index contributed by atoms with van der Waals surface area (Å²) in [6.07, 6.45) is -16.7. The fourth-order valence-electron chi connectivity index (χ4n) is 4.96. The van der Waals surface area contributed by atoms with E-state index < -0.39 is 86.2 Å². The molecule has 2 saturated heterocycles. The number of ketones is 2. The summed E-state index contributed by atoms with van der Waals surface area (Å²) in [7, 11) is 1.33. The molecule has 3 heterocycles. The van der Waals surface area contributed by atoms with E-state index in [1.54, 1.807) is 0 Å². The summed E-state index contributed by atoms with van der Waals surface area (Å²) in [6.45, 7) is -1.63. The van der Waals surface area contributed by atoms with Gasteiger partial charge in [-0.15, -0.1) is 0 Å². The first kappa shape index (κ1) is 32.8. The van der Waals surface area contributed by atoms with Gasteiger partial charge in [0.1, 0.15) is 60.3 Å². The van der Waals surface area contributed by atoms with Gasteiger partial charge in [-0.1, -0.05) is 0 Å². The van der Waals surface area contributed by atoms with Crippen LogP contribution in [0.1, 0.15) is 20.7 Å². The molecular formula is C28H32O17. The van der Waals surface area contributed by atoms with Crippen molar-refractivity contribution in [3.05, 3.63) is 41.5 Å². The van der Waals surface area contributed by atoms with E-state index >= 15 is 0 Å². The summed E-state index contributed by atoms with van der Waals surface area (Å²) < 4.78 is 37.9. The molecular weight excluding hydrogens is 608 g/mol. The molecule has 0 unspecified atom stereocenters. The molecule has 3 aliphatic rings. The molecule has 246 valence electrons. The van der Waals surface area contributed by atoms with Crippen molar-refractivity contribution in [3.8, 4) is 28.7 Å². The highest BCUT2D eigenvalue weighted by molar-refractivity contribution is 6.49. The molecule has 17 nitrogen and oxygen atoms in total. The van der Waals surface area contributed by atoms with Crippen LogP contribution >= 0.6 is 0 Å². The van der Waals surface area contributed by atoms with Crippen molar-refractivity contribution in [3.63, 3.8) is 0 Å². The summed E-state index contributed by atoms with van der Waals surface area (Å²) in [5, 5.41) is 80.4. The van der Waals surface area contributed by atoms with Gasteiger partial charge >= 0.3 is 0 Å². The maximum atomic E-state index is 13.5. The van der Waals surface area contributed by atoms with E-state index in [1.165, 1.54) is 19.2 Å². The zero-order valence-electron chi connectivity index (χ0n) is 23.5. The Morgan fingerprint density at radius 2 is 1.18 bits per heavy atom. The summed E-state index contributed by atoms with van der Waals surface area (Å²) in [5.74, 6) is -2.18. The Hall–Kier alpha value is -3.62. The lowest BCUT2D eigenvalue weighted by atomic mass is 9.99. The largest absolute Gasteiger partial charge is 0.493 e. The average molecular weight is 641 g/mol. The Kier molecular flexibility index (Phi) is 9.75. The molecule has 0 spiro atoms. The number of aliphatic hydroxyl groups excluding tert-OH is 8. The molecule has 0 radical (unpaired) electrons. The predicted octanol–water partition coefficient (Wildman–Crippen LogP) is -3.15. The van der Waals surface area contributed by atoms with Crippen molar-refractivity contribution in [2.24, 2.45) is 0 Å². The molecule has 17 heteroatoms. The van der Waals surface area contributed by atoms with Gasteiger partial charge in [0.15, 0.2) is 11.5 Å². The normalized spacial score (nSPS) is 32.6. The summed E-state index contributed by atoms with van der Waals surface area (Å²) in [4.78, 5) is 26.9. The maximum Gasteiger partial charge on any atom is 0.233 e. The lowest BCUT2D eigenvalue weighted by Crippen LogP contribution is -2.60. The van der Waals surface area contributed by atoms with E-state index in [4.69, 9.17) is 33.2 Å². The number of rotatable bonds is 10. The molecule has 0 amide bonds. The Morgan fingerprint density at radius 3 is 1.64 bits per heavy atom. The molecule has 45 heavy (non-hydrogen) atoms. The van der Waals surface area contributed by atoms with Crippen molar-refractivity contribution < 1.29 is 83.6 Å². The third-order valence-corrected chi connectivity index (χ3v) is 7.47. The molecule has 0 aliphatic carbocycles. The molecule has 0 aromatic heterocycles. The average Bonchev–Trinajstić information content (AvgIpc) is 3.53. The third-order valence-electron chi connectivity index (χ3n) is 7.47. The number of hydrogen-bond acceptors (Lipinski definition) is 17. The lowest BCUT2D eigenvalue weighted by molar-refractivity contribution is -0.278. The molecule has 8 N–H and O–H groups in total. The fraction of sp³-hybridized carbons (Fsp3) is 0.500. The second kappa shape index (κ2) is 13.4. The smallest absolute Gasteiger partial charge is 0.233 e. The van der Waals surface area contributed by atoms with Crippen molar-refractivity contribution in [1.29, 1.82) is 0 Å². The summed E-state index contributed by atoms with van der Waals surface area (Å²) in [6, 6.07) is 5.82. The van der Waals surface area contributed by atoms with E-state index in [0.717, 1.165) is 18.2 Å². The van der Waals surface area contributed by atoms with Crippen LogP contribution in [0.5, 0.6) is 28.7 Å². The van der Waals surface area contributed by atoms with Crippen LogP contribution in [0.3, 0.4) is 0 Å². The quantitative estimate of drug-likeness (QED) is 0.0941. The van der Waals surface area contributed by atoms with Crippen LogP contribution in [-0.4, -0.2) is 141 Å². The molecule has 5 rings (SSSR count). The van der Waals surface area contributed by atoms with E-state index in [-0.39, 0.29) is 46.7 Å². The number of methoxy groups -OCH3 is 1. The highest BCUT2D eigenvalue weighted by Gasteiger charge is 2.46. The maximum absolute atomic E-state index is 13.5. The molecule has 2 fully saturated rings. The molecule has 2 aromatic carbocycles. The van der Waals surface area contributed by atoms with Crippen molar-refractivity contribution >= 4 is 11.6 Å². The van der Waals surface area contributed by atoms with Gasteiger partial charge in [0.25, 0.3) is 0 Å². The van der Waals surface area contributed by atoms with Crippen LogP contribution in [0.2, 0.25) is 0 Å². The van der Waals surface area contributed by atoms with E-state index in [9.17, 15) is 50.4 Å². The second-order valence-electron chi connectivity index (χ2n) is 10.4. The van der Waals surface area contributed by atoms with Crippen LogP contribution in [0.4, 0.5) is 0 Å². The van der Waals surface area contributed by atoms with Gasteiger partial charge in [0, 0.05) is 17.2 Å². The van der Waals surface area contributed by atoms with E-state index in [2.05, 4.69) is 0 Å². The first-order valence-electron chi connectivity index (χ1n) is 13.6. The SMILES string of the molecule is COc1cc(C(=O)C(=O)c2cc(O[C@@H]3O[C@H](CO)[C@@H](O)[C@H](O)[C@H]3O)cc(O[C@@H]3O[C@H](CO)[C@@H](O)[C@H](O)[C@H]3O)c2)cc2c1OCO2. The zero-order valence-corrected chi connectivity index (χ0v) is 23.5. The van der Waals surface area contributed by atoms with Crippen LogP contribution in [0.15, 0.2) is 30.3 Å². The molecule has 2 aromatic rings. The number of carbonyl (C=O) groups is 2.